The van der Waals surface area contributed by atoms with Crippen LogP contribution in [0.1, 0.15) is 18.9 Å². The lowest BCUT2D eigenvalue weighted by Crippen LogP contribution is -2.38. The smallest absolute Gasteiger partial charge is 0.407 e. The van der Waals surface area contributed by atoms with E-state index in [4.69, 9.17) is 10.8 Å². The van der Waals surface area contributed by atoms with Crippen LogP contribution in [0.25, 0.3) is 11.5 Å². The van der Waals surface area contributed by atoms with Gasteiger partial charge in [0, 0.05) is 19.1 Å². The summed E-state index contributed by atoms with van der Waals surface area (Å²) in [7, 11) is 0. The molecule has 2 aromatic heterocycles. The number of anilines is 1. The first-order chi connectivity index (χ1) is 10.1. The molecular weight excluding hydrogens is 272 g/mol. The first-order valence-electron chi connectivity index (χ1n) is 6.75. The molecule has 3 N–H and O–H groups in total. The molecule has 2 aromatic rings. The number of pyridine rings is 1. The first kappa shape index (κ1) is 13.3. The van der Waals surface area contributed by atoms with Gasteiger partial charge in [0.2, 0.25) is 0 Å². The maximum absolute atomic E-state index is 10.9. The zero-order chi connectivity index (χ0) is 14.8. The summed E-state index contributed by atoms with van der Waals surface area (Å²) in [6.45, 7) is 1.03. The number of nitrogens with zero attached hydrogens (tertiary/aromatic N) is 5. The van der Waals surface area contributed by atoms with E-state index in [9.17, 15) is 4.79 Å². The molecule has 1 fully saturated rings. The van der Waals surface area contributed by atoms with E-state index in [1.807, 2.05) is 16.7 Å². The molecule has 1 saturated heterocycles. The summed E-state index contributed by atoms with van der Waals surface area (Å²) in [5.41, 5.74) is 6.38. The molecule has 0 aliphatic carbocycles. The fourth-order valence-corrected chi connectivity index (χ4v) is 2.60. The average molecular weight is 288 g/mol. The van der Waals surface area contributed by atoms with Crippen molar-refractivity contribution in [3.63, 3.8) is 0 Å². The van der Waals surface area contributed by atoms with Crippen LogP contribution in [0.4, 0.5) is 10.6 Å². The monoisotopic (exact) mass is 288 g/mol. The summed E-state index contributed by atoms with van der Waals surface area (Å²) in [6, 6.07) is 5.55. The molecule has 0 spiro atoms. The molecule has 8 heteroatoms. The molecule has 0 unspecified atom stereocenters. The van der Waals surface area contributed by atoms with Crippen LogP contribution >= 0.6 is 0 Å². The van der Waals surface area contributed by atoms with Gasteiger partial charge in [-0.25, -0.2) is 9.78 Å². The van der Waals surface area contributed by atoms with Gasteiger partial charge in [0.05, 0.1) is 0 Å². The van der Waals surface area contributed by atoms with Gasteiger partial charge in [0.25, 0.3) is 0 Å². The number of nitrogens with two attached hydrogens (primary N) is 1. The molecule has 8 nitrogen and oxygen atoms in total. The van der Waals surface area contributed by atoms with Crippen LogP contribution < -0.4 is 5.73 Å². The van der Waals surface area contributed by atoms with Crippen molar-refractivity contribution in [2.24, 2.45) is 0 Å². The van der Waals surface area contributed by atoms with Crippen LogP contribution in [-0.2, 0) is 0 Å². The van der Waals surface area contributed by atoms with E-state index in [2.05, 4.69) is 15.2 Å². The number of carboxylic acid groups (broad SMARTS) is 1. The maximum atomic E-state index is 10.9. The predicted octanol–water partition coefficient (Wildman–Crippen LogP) is 1.24. The molecule has 0 radical (unpaired) electrons. The van der Waals surface area contributed by atoms with E-state index in [1.54, 1.807) is 12.4 Å². The Bertz CT molecular complexity index is 648. The third kappa shape index (κ3) is 2.64. The number of hydrogen-bond donors (Lipinski definition) is 2. The lowest BCUT2D eigenvalue weighted by molar-refractivity contribution is 0.126. The van der Waals surface area contributed by atoms with Crippen LogP contribution in [-0.4, -0.2) is 48.9 Å². The molecule has 0 bridgehead atoms. The summed E-state index contributed by atoms with van der Waals surface area (Å²) in [5.74, 6) is 1.10. The zero-order valence-electron chi connectivity index (χ0n) is 11.4. The molecule has 1 amide bonds. The Balaban J connectivity index is 1.82. The molecule has 3 heterocycles. The second-order valence-electron chi connectivity index (χ2n) is 5.01. The molecule has 1 aliphatic heterocycles. The zero-order valence-corrected chi connectivity index (χ0v) is 11.4. The normalized spacial score (nSPS) is 16.1. The van der Waals surface area contributed by atoms with Crippen molar-refractivity contribution in [3.05, 3.63) is 24.5 Å². The standard InChI is InChI=1S/C13H16N6O2/c14-11-3-1-2-10(16-11)12-17-15-8-19(12)9-4-6-18(7-5-9)13(20)21/h1-3,8-9H,4-7H2,(H2,14,16)(H,20,21). The third-order valence-corrected chi connectivity index (χ3v) is 3.70. The number of hydrogen-bond acceptors (Lipinski definition) is 5. The van der Waals surface area contributed by atoms with Gasteiger partial charge in [-0.15, -0.1) is 10.2 Å². The summed E-state index contributed by atoms with van der Waals surface area (Å²) >= 11 is 0. The largest absolute Gasteiger partial charge is 0.465 e. The van der Waals surface area contributed by atoms with Gasteiger partial charge in [-0.05, 0) is 25.0 Å². The van der Waals surface area contributed by atoms with Gasteiger partial charge in [-0.2, -0.15) is 0 Å². The predicted molar refractivity (Wildman–Crippen MR) is 75.5 cm³/mol. The highest BCUT2D eigenvalue weighted by Crippen LogP contribution is 2.27. The average Bonchev–Trinajstić information content (AvgIpc) is 2.97. The lowest BCUT2D eigenvalue weighted by Gasteiger charge is -2.31. The fraction of sp³-hybridized carbons (Fsp3) is 0.385. The minimum absolute atomic E-state index is 0.175. The molecule has 0 aromatic carbocycles. The summed E-state index contributed by atoms with van der Waals surface area (Å²) < 4.78 is 1.96. The summed E-state index contributed by atoms with van der Waals surface area (Å²) in [4.78, 5) is 16.6. The number of carbonyl (C=O) groups is 1. The summed E-state index contributed by atoms with van der Waals surface area (Å²) in [5, 5.41) is 17.1. The van der Waals surface area contributed by atoms with Crippen LogP contribution in [0.2, 0.25) is 0 Å². The van der Waals surface area contributed by atoms with E-state index in [0.717, 1.165) is 12.8 Å². The van der Waals surface area contributed by atoms with Gasteiger partial charge in [0.1, 0.15) is 17.8 Å². The second-order valence-corrected chi connectivity index (χ2v) is 5.01. The Morgan fingerprint density at radius 2 is 2.10 bits per heavy atom. The highest BCUT2D eigenvalue weighted by molar-refractivity contribution is 5.65. The quantitative estimate of drug-likeness (QED) is 0.860. The minimum Gasteiger partial charge on any atom is -0.465 e. The Hall–Kier alpha value is -2.64. The highest BCUT2D eigenvalue weighted by Gasteiger charge is 2.25. The fourth-order valence-electron chi connectivity index (χ4n) is 2.60. The van der Waals surface area contributed by atoms with Crippen LogP contribution in [0.5, 0.6) is 0 Å². The number of rotatable bonds is 2. The van der Waals surface area contributed by atoms with Crippen molar-refractivity contribution >= 4 is 11.9 Å². The van der Waals surface area contributed by atoms with E-state index in [-0.39, 0.29) is 6.04 Å². The SMILES string of the molecule is Nc1cccc(-c2nncn2C2CCN(C(=O)O)CC2)n1. The Kier molecular flexibility index (Phi) is 3.43. The van der Waals surface area contributed by atoms with Gasteiger partial charge in [-0.3, -0.25) is 0 Å². The van der Waals surface area contributed by atoms with Crippen LogP contribution in [0.15, 0.2) is 24.5 Å². The number of likely N-dealkylation sites (tertiary alicyclic amines) is 1. The topological polar surface area (TPSA) is 110 Å². The maximum Gasteiger partial charge on any atom is 0.407 e. The van der Waals surface area contributed by atoms with Gasteiger partial charge in [-0.1, -0.05) is 6.07 Å². The van der Waals surface area contributed by atoms with Gasteiger partial charge >= 0.3 is 6.09 Å². The van der Waals surface area contributed by atoms with E-state index >= 15 is 0 Å². The van der Waals surface area contributed by atoms with Gasteiger partial charge in [0.15, 0.2) is 5.82 Å². The molecule has 21 heavy (non-hydrogen) atoms. The van der Waals surface area contributed by atoms with E-state index in [0.29, 0.717) is 30.4 Å². The Labute approximate surface area is 121 Å². The molecule has 3 rings (SSSR count). The van der Waals surface area contributed by atoms with Crippen molar-refractivity contribution < 1.29 is 9.90 Å². The number of amides is 1. The van der Waals surface area contributed by atoms with Crippen molar-refractivity contribution in [3.8, 4) is 11.5 Å². The molecule has 0 saturated carbocycles. The van der Waals surface area contributed by atoms with Crippen LogP contribution in [0.3, 0.4) is 0 Å². The van der Waals surface area contributed by atoms with Crippen molar-refractivity contribution in [1.82, 2.24) is 24.6 Å². The number of nitrogen functional groups attached to an aromatic ring is 1. The van der Waals surface area contributed by atoms with Crippen molar-refractivity contribution in [2.45, 2.75) is 18.9 Å². The molecular formula is C13H16N6O2. The highest BCUT2D eigenvalue weighted by atomic mass is 16.4. The molecule has 110 valence electrons. The molecule has 1 aliphatic rings. The Morgan fingerprint density at radius 3 is 2.76 bits per heavy atom. The first-order valence-corrected chi connectivity index (χ1v) is 6.75. The number of aromatic nitrogens is 4. The van der Waals surface area contributed by atoms with E-state index in [1.165, 1.54) is 4.90 Å². The lowest BCUT2D eigenvalue weighted by atomic mass is 10.1. The third-order valence-electron chi connectivity index (χ3n) is 3.70. The van der Waals surface area contributed by atoms with Crippen molar-refractivity contribution in [2.75, 3.05) is 18.8 Å². The second kappa shape index (κ2) is 5.39. The Morgan fingerprint density at radius 1 is 1.33 bits per heavy atom. The molecule has 0 atom stereocenters. The van der Waals surface area contributed by atoms with Gasteiger partial charge < -0.3 is 20.3 Å². The van der Waals surface area contributed by atoms with E-state index < -0.39 is 6.09 Å². The summed E-state index contributed by atoms with van der Waals surface area (Å²) in [6.07, 6.45) is 2.27. The minimum atomic E-state index is -0.866. The van der Waals surface area contributed by atoms with Crippen LogP contribution in [0, 0.1) is 0 Å². The van der Waals surface area contributed by atoms with Crippen molar-refractivity contribution in [1.29, 1.82) is 0 Å². The number of piperidine rings is 1.